The highest BCUT2D eigenvalue weighted by Crippen LogP contribution is 2.35. The fourth-order valence-corrected chi connectivity index (χ4v) is 2.73. The van der Waals surface area contributed by atoms with Crippen LogP contribution < -0.4 is 10.5 Å². The number of hydrogen-bond acceptors (Lipinski definition) is 2. The van der Waals surface area contributed by atoms with Crippen LogP contribution in [0.1, 0.15) is 43.7 Å². The zero-order valence-corrected chi connectivity index (χ0v) is 10.6. The second-order valence-corrected chi connectivity index (χ2v) is 4.93. The first-order chi connectivity index (χ1) is 8.63. The molecule has 4 heteroatoms. The van der Waals surface area contributed by atoms with E-state index in [0.29, 0.717) is 0 Å². The lowest BCUT2D eigenvalue weighted by molar-refractivity contribution is 0.297. The molecule has 0 spiro atoms. The first kappa shape index (κ1) is 13.3. The topological polar surface area (TPSA) is 35.2 Å². The first-order valence-corrected chi connectivity index (χ1v) is 6.42. The first-order valence-electron chi connectivity index (χ1n) is 6.42. The summed E-state index contributed by atoms with van der Waals surface area (Å²) in [7, 11) is 1.38. The summed E-state index contributed by atoms with van der Waals surface area (Å²) in [6.45, 7) is 0. The predicted octanol–water partition coefficient (Wildman–Crippen LogP) is 3.55. The highest BCUT2D eigenvalue weighted by molar-refractivity contribution is 5.32. The fourth-order valence-electron chi connectivity index (χ4n) is 2.73. The quantitative estimate of drug-likeness (QED) is 0.896. The van der Waals surface area contributed by atoms with Gasteiger partial charge >= 0.3 is 0 Å². The van der Waals surface area contributed by atoms with Gasteiger partial charge < -0.3 is 10.5 Å². The molecule has 18 heavy (non-hydrogen) atoms. The van der Waals surface area contributed by atoms with Crippen LogP contribution in [0.3, 0.4) is 0 Å². The van der Waals surface area contributed by atoms with Crippen molar-refractivity contribution in [1.82, 2.24) is 0 Å². The summed E-state index contributed by atoms with van der Waals surface area (Å²) >= 11 is 0. The number of benzene rings is 1. The Morgan fingerprint density at radius 2 is 1.72 bits per heavy atom. The number of hydrogen-bond donors (Lipinski definition) is 1. The molecule has 1 aliphatic rings. The van der Waals surface area contributed by atoms with Gasteiger partial charge in [0.05, 0.1) is 7.11 Å². The Balaban J connectivity index is 2.26. The van der Waals surface area contributed by atoms with Crippen molar-refractivity contribution in [3.05, 3.63) is 29.3 Å². The SMILES string of the molecule is COc1cc(F)c([C@@H](N)C2CCCCC2)c(F)c1. The Kier molecular flexibility index (Phi) is 4.17. The monoisotopic (exact) mass is 255 g/mol. The van der Waals surface area contributed by atoms with Gasteiger partial charge in [-0.05, 0) is 18.8 Å². The Morgan fingerprint density at radius 3 is 2.22 bits per heavy atom. The molecule has 1 aromatic carbocycles. The molecule has 2 nitrogen and oxygen atoms in total. The average Bonchev–Trinajstić information content (AvgIpc) is 2.38. The maximum atomic E-state index is 13.9. The van der Waals surface area contributed by atoms with Crippen LogP contribution in [-0.4, -0.2) is 7.11 Å². The van der Waals surface area contributed by atoms with Gasteiger partial charge in [0.2, 0.25) is 0 Å². The molecule has 1 atom stereocenters. The van der Waals surface area contributed by atoms with Crippen molar-refractivity contribution in [3.8, 4) is 5.75 Å². The number of methoxy groups -OCH3 is 1. The summed E-state index contributed by atoms with van der Waals surface area (Å²) in [5, 5.41) is 0. The van der Waals surface area contributed by atoms with Crippen LogP contribution in [0.25, 0.3) is 0 Å². The molecule has 100 valence electrons. The molecule has 0 radical (unpaired) electrons. The summed E-state index contributed by atoms with van der Waals surface area (Å²) in [4.78, 5) is 0. The van der Waals surface area contributed by atoms with Crippen LogP contribution >= 0.6 is 0 Å². The molecular formula is C14H19F2NO. The van der Waals surface area contributed by atoms with Gasteiger partial charge in [-0.2, -0.15) is 0 Å². The minimum Gasteiger partial charge on any atom is -0.497 e. The van der Waals surface area contributed by atoms with E-state index in [1.807, 2.05) is 0 Å². The number of rotatable bonds is 3. The van der Waals surface area contributed by atoms with E-state index in [2.05, 4.69) is 0 Å². The molecule has 2 rings (SSSR count). The van der Waals surface area contributed by atoms with Crippen LogP contribution in [0.4, 0.5) is 8.78 Å². The van der Waals surface area contributed by atoms with Gasteiger partial charge in [0.1, 0.15) is 17.4 Å². The van der Waals surface area contributed by atoms with Gasteiger partial charge in [0, 0.05) is 23.7 Å². The van der Waals surface area contributed by atoms with Gasteiger partial charge in [0.25, 0.3) is 0 Å². The Labute approximate surface area is 106 Å². The summed E-state index contributed by atoms with van der Waals surface area (Å²) < 4.78 is 32.6. The van der Waals surface area contributed by atoms with E-state index in [1.54, 1.807) is 0 Å². The zero-order valence-electron chi connectivity index (χ0n) is 10.6. The van der Waals surface area contributed by atoms with Crippen LogP contribution in [0.5, 0.6) is 5.75 Å². The predicted molar refractivity (Wildman–Crippen MR) is 66.4 cm³/mol. The van der Waals surface area contributed by atoms with E-state index in [0.717, 1.165) is 25.7 Å². The summed E-state index contributed by atoms with van der Waals surface area (Å²) in [6, 6.07) is 1.83. The third kappa shape index (κ3) is 2.64. The molecule has 0 bridgehead atoms. The number of halogens is 2. The second kappa shape index (κ2) is 5.65. The van der Waals surface area contributed by atoms with E-state index in [4.69, 9.17) is 10.5 Å². The standard InChI is InChI=1S/C14H19F2NO/c1-18-10-7-11(15)13(12(16)8-10)14(17)9-5-3-2-4-6-9/h7-9,14H,2-6,17H2,1H3/t14-/m0/s1. The van der Waals surface area contributed by atoms with E-state index >= 15 is 0 Å². The lowest BCUT2D eigenvalue weighted by Crippen LogP contribution is -2.25. The normalized spacial score (nSPS) is 18.7. The summed E-state index contributed by atoms with van der Waals surface area (Å²) in [5.41, 5.74) is 6.04. The van der Waals surface area contributed by atoms with Crippen LogP contribution in [-0.2, 0) is 0 Å². The Bertz CT molecular complexity index is 393. The van der Waals surface area contributed by atoms with Gasteiger partial charge in [-0.25, -0.2) is 8.78 Å². The van der Waals surface area contributed by atoms with Crippen molar-refractivity contribution >= 4 is 0 Å². The zero-order chi connectivity index (χ0) is 13.1. The lowest BCUT2D eigenvalue weighted by Gasteiger charge is -2.28. The minimum absolute atomic E-state index is 0.00250. The molecule has 0 heterocycles. The second-order valence-electron chi connectivity index (χ2n) is 4.93. The molecule has 1 saturated carbocycles. The van der Waals surface area contributed by atoms with Crippen molar-refractivity contribution in [3.63, 3.8) is 0 Å². The molecule has 1 aliphatic carbocycles. The van der Waals surface area contributed by atoms with Gasteiger partial charge in [0.15, 0.2) is 0 Å². The van der Waals surface area contributed by atoms with E-state index in [9.17, 15) is 8.78 Å². The Morgan fingerprint density at radius 1 is 1.17 bits per heavy atom. The van der Waals surface area contributed by atoms with Gasteiger partial charge in [-0.15, -0.1) is 0 Å². The largest absolute Gasteiger partial charge is 0.497 e. The smallest absolute Gasteiger partial charge is 0.134 e. The lowest BCUT2D eigenvalue weighted by atomic mass is 9.81. The van der Waals surface area contributed by atoms with Crippen LogP contribution in [0.2, 0.25) is 0 Å². The van der Waals surface area contributed by atoms with E-state index < -0.39 is 17.7 Å². The highest BCUT2D eigenvalue weighted by atomic mass is 19.1. The maximum Gasteiger partial charge on any atom is 0.134 e. The molecule has 0 unspecified atom stereocenters. The van der Waals surface area contributed by atoms with Gasteiger partial charge in [-0.1, -0.05) is 19.3 Å². The Hall–Kier alpha value is -1.16. The van der Waals surface area contributed by atoms with Crippen molar-refractivity contribution in [2.75, 3.05) is 7.11 Å². The molecule has 1 aromatic rings. The van der Waals surface area contributed by atoms with Crippen LogP contribution in [0, 0.1) is 17.6 Å². The minimum atomic E-state index is -0.607. The third-order valence-electron chi connectivity index (χ3n) is 3.78. The maximum absolute atomic E-state index is 13.9. The molecule has 0 saturated heterocycles. The van der Waals surface area contributed by atoms with Crippen molar-refractivity contribution in [1.29, 1.82) is 0 Å². The van der Waals surface area contributed by atoms with E-state index in [1.165, 1.54) is 25.7 Å². The number of ether oxygens (including phenoxy) is 1. The summed E-state index contributed by atoms with van der Waals surface area (Å²) in [6.07, 6.45) is 5.28. The van der Waals surface area contributed by atoms with Crippen molar-refractivity contribution in [2.24, 2.45) is 11.7 Å². The summed E-state index contributed by atoms with van der Waals surface area (Å²) in [5.74, 6) is -0.851. The van der Waals surface area contributed by atoms with Gasteiger partial charge in [-0.3, -0.25) is 0 Å². The van der Waals surface area contributed by atoms with Crippen LogP contribution in [0.15, 0.2) is 12.1 Å². The molecule has 0 aromatic heterocycles. The fraction of sp³-hybridized carbons (Fsp3) is 0.571. The van der Waals surface area contributed by atoms with E-state index in [-0.39, 0.29) is 17.2 Å². The highest BCUT2D eigenvalue weighted by Gasteiger charge is 2.27. The molecule has 2 N–H and O–H groups in total. The molecular weight excluding hydrogens is 236 g/mol. The molecule has 1 fully saturated rings. The van der Waals surface area contributed by atoms with Crippen molar-refractivity contribution < 1.29 is 13.5 Å². The third-order valence-corrected chi connectivity index (χ3v) is 3.78. The molecule has 0 aliphatic heterocycles. The number of nitrogens with two attached hydrogens (primary N) is 1. The molecule has 0 amide bonds. The average molecular weight is 255 g/mol. The van der Waals surface area contributed by atoms with Crippen molar-refractivity contribution in [2.45, 2.75) is 38.1 Å².